The lowest BCUT2D eigenvalue weighted by molar-refractivity contribution is 0.414. The Labute approximate surface area is 141 Å². The van der Waals surface area contributed by atoms with Crippen LogP contribution in [0.2, 0.25) is 0 Å². The molecule has 0 atom stereocenters. The Morgan fingerprint density at radius 3 is 2.54 bits per heavy atom. The third-order valence-electron chi connectivity index (χ3n) is 3.75. The highest BCUT2D eigenvalue weighted by molar-refractivity contribution is 7.89. The van der Waals surface area contributed by atoms with Gasteiger partial charge in [0.1, 0.15) is 10.6 Å². The first-order chi connectivity index (χ1) is 11.6. The number of aromatic nitrogens is 1. The molecule has 0 aliphatic carbocycles. The maximum atomic E-state index is 12.6. The van der Waals surface area contributed by atoms with E-state index in [1.165, 1.54) is 0 Å². The molecule has 0 unspecified atom stereocenters. The van der Waals surface area contributed by atoms with Crippen molar-refractivity contribution in [3.8, 4) is 5.75 Å². The summed E-state index contributed by atoms with van der Waals surface area (Å²) in [7, 11) is -1.99. The first-order valence-corrected chi connectivity index (χ1v) is 9.05. The minimum atomic E-state index is -3.61. The molecule has 124 valence electrons. The Hall–Kier alpha value is -2.44. The molecule has 24 heavy (non-hydrogen) atoms. The van der Waals surface area contributed by atoms with Crippen molar-refractivity contribution in [1.82, 2.24) is 9.71 Å². The van der Waals surface area contributed by atoms with Gasteiger partial charge in [0.05, 0.1) is 12.6 Å². The van der Waals surface area contributed by atoms with Crippen molar-refractivity contribution >= 4 is 20.9 Å². The monoisotopic (exact) mass is 342 g/mol. The topological polar surface area (TPSA) is 68.3 Å². The van der Waals surface area contributed by atoms with Crippen LogP contribution in [0.25, 0.3) is 10.9 Å². The standard InChI is InChI=1S/C18H18N2O3S/c1-23-16-9-7-14(8-10-16)11-13-20-24(21,22)17-6-2-4-15-5-3-12-19-18(15)17/h2-10,12,20H,11,13H2,1H3. The number of hydrogen-bond acceptors (Lipinski definition) is 4. The molecule has 2 aromatic carbocycles. The van der Waals surface area contributed by atoms with E-state index in [1.54, 1.807) is 31.5 Å². The summed E-state index contributed by atoms with van der Waals surface area (Å²) in [6.07, 6.45) is 2.19. The zero-order valence-corrected chi connectivity index (χ0v) is 14.1. The number of rotatable bonds is 6. The molecular formula is C18H18N2O3S. The molecule has 1 heterocycles. The highest BCUT2D eigenvalue weighted by Crippen LogP contribution is 2.20. The maximum absolute atomic E-state index is 12.6. The van der Waals surface area contributed by atoms with Crippen LogP contribution in [0.4, 0.5) is 0 Å². The predicted octanol–water partition coefficient (Wildman–Crippen LogP) is 2.76. The second kappa shape index (κ2) is 6.98. The van der Waals surface area contributed by atoms with Crippen molar-refractivity contribution in [2.75, 3.05) is 13.7 Å². The molecule has 5 nitrogen and oxygen atoms in total. The minimum Gasteiger partial charge on any atom is -0.497 e. The summed E-state index contributed by atoms with van der Waals surface area (Å²) >= 11 is 0. The molecule has 3 aromatic rings. The molecule has 3 rings (SSSR count). The highest BCUT2D eigenvalue weighted by Gasteiger charge is 2.17. The summed E-state index contributed by atoms with van der Waals surface area (Å²) in [6, 6.07) is 16.3. The smallest absolute Gasteiger partial charge is 0.242 e. The molecule has 1 aromatic heterocycles. The summed E-state index contributed by atoms with van der Waals surface area (Å²) in [4.78, 5) is 4.40. The number of ether oxygens (including phenoxy) is 1. The third kappa shape index (κ3) is 3.55. The first-order valence-electron chi connectivity index (χ1n) is 7.56. The average molecular weight is 342 g/mol. The number of para-hydroxylation sites is 1. The van der Waals surface area contributed by atoms with Crippen molar-refractivity contribution in [1.29, 1.82) is 0 Å². The van der Waals surface area contributed by atoms with Gasteiger partial charge in [0.15, 0.2) is 0 Å². The maximum Gasteiger partial charge on any atom is 0.242 e. The summed E-state index contributed by atoms with van der Waals surface area (Å²) in [6.45, 7) is 0.317. The quantitative estimate of drug-likeness (QED) is 0.748. The van der Waals surface area contributed by atoms with Crippen LogP contribution >= 0.6 is 0 Å². The van der Waals surface area contributed by atoms with Gasteiger partial charge in [-0.1, -0.05) is 30.3 Å². The van der Waals surface area contributed by atoms with Gasteiger partial charge in [-0.3, -0.25) is 4.98 Å². The Balaban J connectivity index is 1.73. The van der Waals surface area contributed by atoms with Crippen LogP contribution in [0, 0.1) is 0 Å². The Morgan fingerprint density at radius 2 is 1.79 bits per heavy atom. The van der Waals surface area contributed by atoms with Crippen molar-refractivity contribution < 1.29 is 13.2 Å². The van der Waals surface area contributed by atoms with Gasteiger partial charge in [-0.2, -0.15) is 0 Å². The lowest BCUT2D eigenvalue weighted by atomic mass is 10.1. The van der Waals surface area contributed by atoms with Crippen LogP contribution in [-0.4, -0.2) is 27.1 Å². The molecule has 0 amide bonds. The lowest BCUT2D eigenvalue weighted by Gasteiger charge is -2.09. The van der Waals surface area contributed by atoms with Crippen molar-refractivity contribution in [2.24, 2.45) is 0 Å². The fraction of sp³-hybridized carbons (Fsp3) is 0.167. The van der Waals surface area contributed by atoms with E-state index >= 15 is 0 Å². The number of sulfonamides is 1. The fourth-order valence-electron chi connectivity index (χ4n) is 2.49. The second-order valence-electron chi connectivity index (χ2n) is 5.33. The van der Waals surface area contributed by atoms with Gasteiger partial charge in [-0.15, -0.1) is 0 Å². The van der Waals surface area contributed by atoms with E-state index in [-0.39, 0.29) is 4.90 Å². The van der Waals surface area contributed by atoms with E-state index in [0.717, 1.165) is 16.7 Å². The summed E-state index contributed by atoms with van der Waals surface area (Å²) in [5.41, 5.74) is 1.52. The van der Waals surface area contributed by atoms with Crippen molar-refractivity contribution in [2.45, 2.75) is 11.3 Å². The van der Waals surface area contributed by atoms with E-state index < -0.39 is 10.0 Å². The molecular weight excluding hydrogens is 324 g/mol. The van der Waals surface area contributed by atoms with E-state index in [1.807, 2.05) is 36.4 Å². The minimum absolute atomic E-state index is 0.204. The molecule has 0 aliphatic rings. The largest absolute Gasteiger partial charge is 0.497 e. The Kier molecular flexibility index (Phi) is 4.78. The SMILES string of the molecule is COc1ccc(CCNS(=O)(=O)c2cccc3cccnc23)cc1. The Morgan fingerprint density at radius 1 is 1.04 bits per heavy atom. The number of nitrogens with one attached hydrogen (secondary N) is 1. The van der Waals surface area contributed by atoms with Gasteiger partial charge in [0.25, 0.3) is 0 Å². The molecule has 0 fully saturated rings. The molecule has 0 saturated carbocycles. The summed E-state index contributed by atoms with van der Waals surface area (Å²) < 4.78 is 32.9. The van der Waals surface area contributed by atoms with Crippen LogP contribution in [-0.2, 0) is 16.4 Å². The van der Waals surface area contributed by atoms with Crippen LogP contribution in [0.1, 0.15) is 5.56 Å². The number of fused-ring (bicyclic) bond motifs is 1. The van der Waals surface area contributed by atoms with Gasteiger partial charge in [0.2, 0.25) is 10.0 Å². The third-order valence-corrected chi connectivity index (χ3v) is 5.24. The molecule has 0 spiro atoms. The number of nitrogens with zero attached hydrogens (tertiary/aromatic N) is 1. The van der Waals surface area contributed by atoms with Gasteiger partial charge in [0, 0.05) is 18.1 Å². The number of pyridine rings is 1. The second-order valence-corrected chi connectivity index (χ2v) is 7.06. The van der Waals surface area contributed by atoms with Gasteiger partial charge in [-0.05, 0) is 36.2 Å². The molecule has 1 N–H and O–H groups in total. The lowest BCUT2D eigenvalue weighted by Crippen LogP contribution is -2.26. The molecule has 6 heteroatoms. The highest BCUT2D eigenvalue weighted by atomic mass is 32.2. The van der Waals surface area contributed by atoms with Gasteiger partial charge in [-0.25, -0.2) is 13.1 Å². The number of benzene rings is 2. The summed E-state index contributed by atoms with van der Waals surface area (Å²) in [5, 5.41) is 0.801. The van der Waals surface area contributed by atoms with Crippen molar-refractivity contribution in [3.05, 3.63) is 66.4 Å². The van der Waals surface area contributed by atoms with Gasteiger partial charge < -0.3 is 4.74 Å². The first kappa shape index (κ1) is 16.4. The molecule has 0 bridgehead atoms. The van der Waals surface area contributed by atoms with Crippen LogP contribution in [0.5, 0.6) is 5.75 Å². The van der Waals surface area contributed by atoms with Crippen LogP contribution < -0.4 is 9.46 Å². The zero-order valence-electron chi connectivity index (χ0n) is 13.3. The average Bonchev–Trinajstić information content (AvgIpc) is 2.61. The number of hydrogen-bond donors (Lipinski definition) is 1. The van der Waals surface area contributed by atoms with E-state index in [4.69, 9.17) is 4.74 Å². The molecule has 0 saturated heterocycles. The van der Waals surface area contributed by atoms with Crippen LogP contribution in [0.15, 0.2) is 65.7 Å². The van der Waals surface area contributed by atoms with E-state index in [2.05, 4.69) is 9.71 Å². The number of methoxy groups -OCH3 is 1. The van der Waals surface area contributed by atoms with Crippen molar-refractivity contribution in [3.63, 3.8) is 0 Å². The predicted molar refractivity (Wildman–Crippen MR) is 93.6 cm³/mol. The summed E-state index contributed by atoms with van der Waals surface area (Å²) in [5.74, 6) is 0.779. The van der Waals surface area contributed by atoms with E-state index in [9.17, 15) is 8.42 Å². The van der Waals surface area contributed by atoms with Gasteiger partial charge >= 0.3 is 0 Å². The zero-order chi connectivity index (χ0) is 17.0. The Bertz CT molecular complexity index is 933. The normalized spacial score (nSPS) is 11.5. The molecule has 0 radical (unpaired) electrons. The van der Waals surface area contributed by atoms with E-state index in [0.29, 0.717) is 18.5 Å². The fourth-order valence-corrected chi connectivity index (χ4v) is 3.70. The molecule has 0 aliphatic heterocycles. The van der Waals surface area contributed by atoms with Crippen LogP contribution in [0.3, 0.4) is 0 Å².